The van der Waals surface area contributed by atoms with Crippen molar-refractivity contribution in [2.75, 3.05) is 0 Å². The van der Waals surface area contributed by atoms with E-state index in [0.717, 1.165) is 5.56 Å². The first kappa shape index (κ1) is 11.2. The summed E-state index contributed by atoms with van der Waals surface area (Å²) in [6, 6.07) is 5.07. The predicted octanol–water partition coefficient (Wildman–Crippen LogP) is 3.31. The van der Waals surface area contributed by atoms with Crippen LogP contribution in [0.3, 0.4) is 0 Å². The summed E-state index contributed by atoms with van der Waals surface area (Å²) in [5.41, 5.74) is 1.01. The first-order valence-corrected chi connectivity index (χ1v) is 5.26. The molecule has 16 heavy (non-hydrogen) atoms. The molecule has 0 aromatic heterocycles. The lowest BCUT2D eigenvalue weighted by atomic mass is 10.2. The number of nitrogens with zero attached hydrogens (tertiary/aromatic N) is 1. The van der Waals surface area contributed by atoms with Crippen LogP contribution in [0.1, 0.15) is 12.5 Å². The molecule has 0 aliphatic carbocycles. The van der Waals surface area contributed by atoms with E-state index >= 15 is 0 Å². The maximum atomic E-state index is 11.3. The number of benzene rings is 1. The first-order valence-electron chi connectivity index (χ1n) is 4.50. The Morgan fingerprint density at radius 3 is 2.62 bits per heavy atom. The fraction of sp³-hybridized carbons (Fsp3) is 0.0909. The van der Waals surface area contributed by atoms with E-state index in [2.05, 4.69) is 4.99 Å². The Bertz CT molecular complexity index is 521. The number of hydrogen-bond donors (Lipinski definition) is 0. The molecule has 1 aromatic carbocycles. The number of carbonyl (C=O) groups excluding carboxylic acids is 1. The van der Waals surface area contributed by atoms with Crippen molar-refractivity contribution >= 4 is 41.1 Å². The Morgan fingerprint density at radius 1 is 1.31 bits per heavy atom. The Balaban J connectivity index is 2.36. The fourth-order valence-corrected chi connectivity index (χ4v) is 1.58. The standard InChI is InChI=1S/C11H7Cl2NO2/c1-6-14-10(11(15)16-6)5-7-2-3-8(12)9(13)4-7/h2-5H,1H3. The summed E-state index contributed by atoms with van der Waals surface area (Å²) in [5, 5.41) is 0.903. The Morgan fingerprint density at radius 2 is 2.06 bits per heavy atom. The number of rotatable bonds is 1. The van der Waals surface area contributed by atoms with E-state index < -0.39 is 5.97 Å². The van der Waals surface area contributed by atoms with Crippen molar-refractivity contribution in [3.8, 4) is 0 Å². The molecule has 82 valence electrons. The molecule has 0 fully saturated rings. The minimum Gasteiger partial charge on any atom is -0.407 e. The van der Waals surface area contributed by atoms with E-state index in [4.69, 9.17) is 27.9 Å². The topological polar surface area (TPSA) is 38.7 Å². The van der Waals surface area contributed by atoms with Crippen LogP contribution in [0, 0.1) is 0 Å². The van der Waals surface area contributed by atoms with Crippen molar-refractivity contribution in [3.63, 3.8) is 0 Å². The highest BCUT2D eigenvalue weighted by atomic mass is 35.5. The summed E-state index contributed by atoms with van der Waals surface area (Å²) >= 11 is 11.6. The fourth-order valence-electron chi connectivity index (χ4n) is 1.28. The second kappa shape index (κ2) is 4.28. The molecule has 0 bridgehead atoms. The van der Waals surface area contributed by atoms with Crippen molar-refractivity contribution in [2.24, 2.45) is 4.99 Å². The van der Waals surface area contributed by atoms with E-state index in [1.54, 1.807) is 31.2 Å². The van der Waals surface area contributed by atoms with Gasteiger partial charge in [-0.05, 0) is 23.8 Å². The van der Waals surface area contributed by atoms with Gasteiger partial charge in [-0.3, -0.25) is 0 Å². The van der Waals surface area contributed by atoms with E-state index in [1.807, 2.05) is 0 Å². The van der Waals surface area contributed by atoms with Crippen LogP contribution in [0.25, 0.3) is 6.08 Å². The lowest BCUT2D eigenvalue weighted by Gasteiger charge is -1.97. The van der Waals surface area contributed by atoms with Gasteiger partial charge in [0.05, 0.1) is 10.0 Å². The lowest BCUT2D eigenvalue weighted by Crippen LogP contribution is -1.99. The number of halogens is 2. The first-order chi connectivity index (χ1) is 7.56. The van der Waals surface area contributed by atoms with Crippen LogP contribution < -0.4 is 0 Å². The normalized spacial score (nSPS) is 17.6. The molecule has 0 amide bonds. The average molecular weight is 256 g/mol. The van der Waals surface area contributed by atoms with Gasteiger partial charge in [0.15, 0.2) is 11.6 Å². The van der Waals surface area contributed by atoms with Gasteiger partial charge < -0.3 is 4.74 Å². The third-order valence-corrected chi connectivity index (χ3v) is 2.71. The van der Waals surface area contributed by atoms with E-state index in [9.17, 15) is 4.79 Å². The second-order valence-corrected chi connectivity index (χ2v) is 4.04. The Labute approximate surface area is 102 Å². The highest BCUT2D eigenvalue weighted by Gasteiger charge is 2.19. The molecule has 2 rings (SSSR count). The second-order valence-electron chi connectivity index (χ2n) is 3.22. The summed E-state index contributed by atoms with van der Waals surface area (Å²) < 4.78 is 4.78. The third-order valence-electron chi connectivity index (χ3n) is 1.97. The molecule has 0 saturated carbocycles. The zero-order valence-corrected chi connectivity index (χ0v) is 9.84. The van der Waals surface area contributed by atoms with Gasteiger partial charge in [-0.25, -0.2) is 9.79 Å². The van der Waals surface area contributed by atoms with Crippen LogP contribution in [0.4, 0.5) is 0 Å². The molecule has 0 spiro atoms. The zero-order valence-electron chi connectivity index (χ0n) is 8.33. The lowest BCUT2D eigenvalue weighted by molar-refractivity contribution is -0.130. The van der Waals surface area contributed by atoms with Crippen molar-refractivity contribution < 1.29 is 9.53 Å². The quantitative estimate of drug-likeness (QED) is 0.571. The molecule has 0 N–H and O–H groups in total. The highest BCUT2D eigenvalue weighted by Crippen LogP contribution is 2.24. The maximum absolute atomic E-state index is 11.3. The van der Waals surface area contributed by atoms with Gasteiger partial charge in [-0.2, -0.15) is 0 Å². The minimum atomic E-state index is -0.455. The van der Waals surface area contributed by atoms with Gasteiger partial charge in [0.1, 0.15) is 0 Å². The zero-order chi connectivity index (χ0) is 11.7. The van der Waals surface area contributed by atoms with Crippen molar-refractivity contribution in [1.82, 2.24) is 0 Å². The number of carbonyl (C=O) groups is 1. The number of esters is 1. The predicted molar refractivity (Wildman–Crippen MR) is 63.6 cm³/mol. The van der Waals surface area contributed by atoms with Gasteiger partial charge in [-0.1, -0.05) is 29.3 Å². The smallest absolute Gasteiger partial charge is 0.363 e. The minimum absolute atomic E-state index is 0.260. The van der Waals surface area contributed by atoms with Gasteiger partial charge in [0, 0.05) is 6.92 Å². The monoisotopic (exact) mass is 255 g/mol. The van der Waals surface area contributed by atoms with E-state index in [-0.39, 0.29) is 5.70 Å². The summed E-state index contributed by atoms with van der Waals surface area (Å²) in [4.78, 5) is 15.2. The molecule has 1 aliphatic heterocycles. The molecule has 5 heteroatoms. The molecule has 1 aromatic rings. The number of cyclic esters (lactones) is 1. The highest BCUT2D eigenvalue weighted by molar-refractivity contribution is 6.42. The molecular formula is C11H7Cl2NO2. The summed E-state index contributed by atoms with van der Waals surface area (Å²) in [6.45, 7) is 1.62. The van der Waals surface area contributed by atoms with Gasteiger partial charge in [0.2, 0.25) is 0 Å². The molecule has 0 atom stereocenters. The third kappa shape index (κ3) is 2.26. The van der Waals surface area contributed by atoms with Crippen LogP contribution >= 0.6 is 23.2 Å². The summed E-state index contributed by atoms with van der Waals surface area (Å²) in [5.74, 6) is -0.111. The van der Waals surface area contributed by atoms with Gasteiger partial charge in [0.25, 0.3) is 0 Å². The Kier molecular flexibility index (Phi) is 2.99. The summed E-state index contributed by atoms with van der Waals surface area (Å²) in [6.07, 6.45) is 1.60. The maximum Gasteiger partial charge on any atom is 0.363 e. The molecule has 0 unspecified atom stereocenters. The van der Waals surface area contributed by atoms with Gasteiger partial charge in [-0.15, -0.1) is 0 Å². The molecule has 1 aliphatic rings. The molecule has 3 nitrogen and oxygen atoms in total. The SMILES string of the molecule is CC1=NC(=Cc2ccc(Cl)c(Cl)c2)C(=O)O1. The van der Waals surface area contributed by atoms with E-state index in [0.29, 0.717) is 15.9 Å². The van der Waals surface area contributed by atoms with Crippen molar-refractivity contribution in [3.05, 3.63) is 39.5 Å². The van der Waals surface area contributed by atoms with Crippen molar-refractivity contribution in [2.45, 2.75) is 6.92 Å². The number of aliphatic imine (C=N–C) groups is 1. The summed E-state index contributed by atoms with van der Waals surface area (Å²) in [7, 11) is 0. The molecule has 1 heterocycles. The number of ether oxygens (including phenoxy) is 1. The van der Waals surface area contributed by atoms with Gasteiger partial charge >= 0.3 is 5.97 Å². The van der Waals surface area contributed by atoms with Crippen LogP contribution in [-0.4, -0.2) is 11.9 Å². The largest absolute Gasteiger partial charge is 0.407 e. The van der Waals surface area contributed by atoms with Crippen molar-refractivity contribution in [1.29, 1.82) is 0 Å². The molecule has 0 radical (unpaired) electrons. The molecular weight excluding hydrogens is 249 g/mol. The van der Waals surface area contributed by atoms with E-state index in [1.165, 1.54) is 0 Å². The molecule has 0 saturated heterocycles. The van der Waals surface area contributed by atoms with Crippen LogP contribution in [0.5, 0.6) is 0 Å². The number of hydrogen-bond acceptors (Lipinski definition) is 3. The Hall–Kier alpha value is -1.32. The van der Waals surface area contributed by atoms with Crippen LogP contribution in [0.2, 0.25) is 10.0 Å². The average Bonchev–Trinajstić information content (AvgIpc) is 2.51. The van der Waals surface area contributed by atoms with Crippen LogP contribution in [-0.2, 0) is 9.53 Å². The van der Waals surface area contributed by atoms with Crippen LogP contribution in [0.15, 0.2) is 28.9 Å².